The molecule has 0 N–H and O–H groups in total. The third-order valence-electron chi connectivity index (χ3n) is 8.19. The second-order valence-electron chi connectivity index (χ2n) is 10.5. The first-order valence-corrected chi connectivity index (χ1v) is 15.2. The summed E-state index contributed by atoms with van der Waals surface area (Å²) in [7, 11) is 0. The molecular weight excluding hydrogens is 521 g/mol. The van der Waals surface area contributed by atoms with Crippen molar-refractivity contribution in [2.24, 2.45) is 0 Å². The minimum Gasteiger partial charge on any atom is -0.135 e. The maximum absolute atomic E-state index is 2.43. The Morgan fingerprint density at radius 2 is 0.600 bits per heavy atom. The van der Waals surface area contributed by atoms with E-state index in [1.165, 1.54) is 84.1 Å². The molecule has 0 saturated carbocycles. The summed E-state index contributed by atoms with van der Waals surface area (Å²) in [6.07, 6.45) is 0. The van der Waals surface area contributed by atoms with Crippen LogP contribution in [0.15, 0.2) is 133 Å². The Kier molecular flexibility index (Phi) is 4.74. The van der Waals surface area contributed by atoms with Gasteiger partial charge in [-0.25, -0.2) is 0 Å². The van der Waals surface area contributed by atoms with Gasteiger partial charge in [-0.3, -0.25) is 0 Å². The van der Waals surface area contributed by atoms with E-state index in [-0.39, 0.29) is 0 Å². The molecule has 0 unspecified atom stereocenters. The van der Waals surface area contributed by atoms with E-state index in [1.54, 1.807) is 0 Å². The van der Waals surface area contributed by atoms with E-state index < -0.39 is 0 Å². The third-order valence-corrected chi connectivity index (χ3v) is 10.5. The van der Waals surface area contributed by atoms with E-state index in [1.807, 2.05) is 22.7 Å². The van der Waals surface area contributed by atoms with Crippen molar-refractivity contribution < 1.29 is 0 Å². The van der Waals surface area contributed by atoms with Gasteiger partial charge in [0.2, 0.25) is 0 Å². The average Bonchev–Trinajstić information content (AvgIpc) is 3.62. The van der Waals surface area contributed by atoms with E-state index in [0.717, 1.165) is 0 Å². The normalized spacial score (nSPS) is 12.0. The van der Waals surface area contributed by atoms with Gasteiger partial charge in [-0.1, -0.05) is 84.9 Å². The van der Waals surface area contributed by atoms with Crippen molar-refractivity contribution in [2.45, 2.75) is 0 Å². The second-order valence-corrected chi connectivity index (χ2v) is 12.7. The van der Waals surface area contributed by atoms with Gasteiger partial charge in [-0.2, -0.15) is 0 Å². The topological polar surface area (TPSA) is 0 Å². The van der Waals surface area contributed by atoms with Crippen molar-refractivity contribution in [3.05, 3.63) is 133 Å². The Morgan fingerprint density at radius 3 is 0.925 bits per heavy atom. The van der Waals surface area contributed by atoms with Crippen molar-refractivity contribution in [1.29, 1.82) is 0 Å². The Balaban J connectivity index is 1.54. The molecule has 0 atom stereocenters. The number of hydrogen-bond donors (Lipinski definition) is 0. The summed E-state index contributed by atoms with van der Waals surface area (Å²) in [5.41, 5.74) is 2.68. The maximum atomic E-state index is 2.43. The Labute approximate surface area is 239 Å². The van der Waals surface area contributed by atoms with Crippen LogP contribution in [0.4, 0.5) is 0 Å². The fourth-order valence-electron chi connectivity index (χ4n) is 6.34. The van der Waals surface area contributed by atoms with E-state index >= 15 is 0 Å². The largest absolute Gasteiger partial charge is 0.135 e. The van der Waals surface area contributed by atoms with Crippen LogP contribution in [-0.2, 0) is 0 Å². The zero-order chi connectivity index (χ0) is 26.2. The van der Waals surface area contributed by atoms with Crippen LogP contribution < -0.4 is 0 Å². The standard InChI is InChI=1S/C38H22S2/c1-2-10-24-18-30-29(17-23(24)9-1)37(35-21-27-13-5-7-15-33(27)39-35)31-19-25-11-3-4-12-26(25)20-32(31)38(30)36-22-28-14-6-8-16-34(28)40-36/h1-22H. The van der Waals surface area contributed by atoms with Crippen LogP contribution in [0.25, 0.3) is 84.1 Å². The third kappa shape index (κ3) is 3.30. The Hall–Kier alpha value is -4.50. The number of hydrogen-bond acceptors (Lipinski definition) is 2. The summed E-state index contributed by atoms with van der Waals surface area (Å²) in [5, 5.41) is 13.0. The van der Waals surface area contributed by atoms with Gasteiger partial charge in [-0.05, 0) is 102 Å². The average molecular weight is 543 g/mol. The lowest BCUT2D eigenvalue weighted by molar-refractivity contribution is 1.77. The SMILES string of the molecule is c1ccc2cc3c(-c4cc5ccccc5s4)c4cc5ccccc5cc4c(-c4cc5ccccc5s4)c3cc2c1. The highest BCUT2D eigenvalue weighted by Gasteiger charge is 2.21. The van der Waals surface area contributed by atoms with Crippen molar-refractivity contribution in [3.8, 4) is 20.9 Å². The van der Waals surface area contributed by atoms with Crippen LogP contribution in [0.1, 0.15) is 0 Å². The molecule has 186 valence electrons. The van der Waals surface area contributed by atoms with E-state index in [0.29, 0.717) is 0 Å². The molecule has 0 aliphatic heterocycles. The summed E-state index contributed by atoms with van der Waals surface area (Å²) < 4.78 is 2.66. The van der Waals surface area contributed by atoms with Gasteiger partial charge in [-0.15, -0.1) is 22.7 Å². The number of rotatable bonds is 2. The van der Waals surface area contributed by atoms with Crippen LogP contribution in [0.2, 0.25) is 0 Å². The second kappa shape index (κ2) is 8.50. The first kappa shape index (κ1) is 22.3. The smallest absolute Gasteiger partial charge is 0.0367 e. The minimum atomic E-state index is 1.28. The van der Waals surface area contributed by atoms with Gasteiger partial charge >= 0.3 is 0 Å². The zero-order valence-corrected chi connectivity index (χ0v) is 23.2. The number of fused-ring (bicyclic) bond motifs is 6. The van der Waals surface area contributed by atoms with E-state index in [2.05, 4.69) is 133 Å². The summed E-state index contributed by atoms with van der Waals surface area (Å²) in [6, 6.07) is 49.6. The molecule has 0 bridgehead atoms. The highest BCUT2D eigenvalue weighted by Crippen LogP contribution is 2.50. The lowest BCUT2D eigenvalue weighted by Gasteiger charge is -2.18. The highest BCUT2D eigenvalue weighted by molar-refractivity contribution is 7.23. The molecule has 9 aromatic rings. The van der Waals surface area contributed by atoms with Crippen LogP contribution in [0.3, 0.4) is 0 Å². The molecule has 7 aromatic carbocycles. The molecule has 0 aliphatic rings. The van der Waals surface area contributed by atoms with Crippen molar-refractivity contribution >= 4 is 85.9 Å². The van der Waals surface area contributed by atoms with Gasteiger partial charge in [0.05, 0.1) is 0 Å². The number of thiophene rings is 2. The molecule has 0 saturated heterocycles. The zero-order valence-electron chi connectivity index (χ0n) is 21.5. The summed E-state index contributed by atoms with van der Waals surface area (Å²) in [6.45, 7) is 0. The molecule has 0 fully saturated rings. The van der Waals surface area contributed by atoms with Crippen LogP contribution in [-0.4, -0.2) is 0 Å². The van der Waals surface area contributed by atoms with Gasteiger partial charge < -0.3 is 0 Å². The van der Waals surface area contributed by atoms with Gasteiger partial charge in [0, 0.05) is 30.3 Å². The first-order valence-electron chi connectivity index (χ1n) is 13.6. The molecule has 0 amide bonds. The fourth-order valence-corrected chi connectivity index (χ4v) is 8.61. The molecule has 0 aliphatic carbocycles. The number of benzene rings is 7. The summed E-state index contributed by atoms with van der Waals surface area (Å²) >= 11 is 3.80. The minimum absolute atomic E-state index is 1.28. The molecule has 9 rings (SSSR count). The van der Waals surface area contributed by atoms with Gasteiger partial charge in [0.25, 0.3) is 0 Å². The lowest BCUT2D eigenvalue weighted by atomic mass is 9.87. The maximum Gasteiger partial charge on any atom is 0.0367 e. The van der Waals surface area contributed by atoms with E-state index in [4.69, 9.17) is 0 Å². The van der Waals surface area contributed by atoms with Crippen molar-refractivity contribution in [1.82, 2.24) is 0 Å². The molecule has 0 nitrogen and oxygen atoms in total. The molecule has 2 heterocycles. The van der Waals surface area contributed by atoms with Crippen LogP contribution >= 0.6 is 22.7 Å². The molecule has 0 radical (unpaired) electrons. The van der Waals surface area contributed by atoms with Crippen molar-refractivity contribution in [3.63, 3.8) is 0 Å². The lowest BCUT2D eigenvalue weighted by Crippen LogP contribution is -1.90. The van der Waals surface area contributed by atoms with Crippen LogP contribution in [0, 0.1) is 0 Å². The van der Waals surface area contributed by atoms with Gasteiger partial charge in [0.15, 0.2) is 0 Å². The predicted molar refractivity (Wildman–Crippen MR) is 178 cm³/mol. The predicted octanol–water partition coefficient (Wildman–Crippen LogP) is 12.1. The highest BCUT2D eigenvalue weighted by atomic mass is 32.1. The first-order chi connectivity index (χ1) is 19.8. The van der Waals surface area contributed by atoms with Gasteiger partial charge in [0.1, 0.15) is 0 Å². The molecule has 2 aromatic heterocycles. The summed E-state index contributed by atoms with van der Waals surface area (Å²) in [5.74, 6) is 0. The monoisotopic (exact) mass is 542 g/mol. The quantitative estimate of drug-likeness (QED) is 0.191. The fraction of sp³-hybridized carbons (Fsp3) is 0. The summed E-state index contributed by atoms with van der Waals surface area (Å²) in [4.78, 5) is 2.65. The Morgan fingerprint density at radius 1 is 0.300 bits per heavy atom. The van der Waals surface area contributed by atoms with E-state index in [9.17, 15) is 0 Å². The Bertz CT molecular complexity index is 2100. The van der Waals surface area contributed by atoms with Crippen LogP contribution in [0.5, 0.6) is 0 Å². The van der Waals surface area contributed by atoms with Crippen molar-refractivity contribution in [2.75, 3.05) is 0 Å². The molecule has 40 heavy (non-hydrogen) atoms. The molecule has 0 spiro atoms. The molecular formula is C38H22S2. The molecule has 2 heteroatoms.